The molecule has 39 heavy (non-hydrogen) atoms. The second-order valence-corrected chi connectivity index (χ2v) is 8.96. The topological polar surface area (TPSA) is 124 Å². The highest BCUT2D eigenvalue weighted by Gasteiger charge is 2.26. The van der Waals surface area contributed by atoms with Gasteiger partial charge >= 0.3 is 0 Å². The minimum absolute atomic E-state index is 0.166. The van der Waals surface area contributed by atoms with Gasteiger partial charge in [-0.3, -0.25) is 19.7 Å². The lowest BCUT2D eigenvalue weighted by atomic mass is 9.98. The summed E-state index contributed by atoms with van der Waals surface area (Å²) in [6.45, 7) is 0.959. The number of anilines is 1. The number of carbonyl (C=O) groups is 2. The van der Waals surface area contributed by atoms with E-state index in [1.807, 2.05) is 12.1 Å². The second-order valence-electron chi connectivity index (χ2n) is 8.96. The molecule has 10 nitrogen and oxygen atoms in total. The van der Waals surface area contributed by atoms with Gasteiger partial charge in [-0.1, -0.05) is 18.2 Å². The number of fused-ring (bicyclic) bond motifs is 1. The third-order valence-electron chi connectivity index (χ3n) is 6.55. The first-order chi connectivity index (χ1) is 18.9. The largest absolute Gasteiger partial charge is 0.493 e. The van der Waals surface area contributed by atoms with Crippen LogP contribution in [0.5, 0.6) is 11.5 Å². The number of carbonyl (C=O) groups excluding carboxylic acids is 2. The third-order valence-corrected chi connectivity index (χ3v) is 6.55. The molecular formula is C29H25N3O7. The molecule has 4 aromatic rings. The van der Waals surface area contributed by atoms with E-state index in [9.17, 15) is 19.7 Å². The van der Waals surface area contributed by atoms with Crippen LogP contribution in [0.1, 0.15) is 32.0 Å². The Hall–Kier alpha value is -5.12. The van der Waals surface area contributed by atoms with E-state index in [1.54, 1.807) is 55.5 Å². The van der Waals surface area contributed by atoms with Crippen molar-refractivity contribution in [1.82, 2.24) is 4.90 Å². The predicted molar refractivity (Wildman–Crippen MR) is 143 cm³/mol. The lowest BCUT2D eigenvalue weighted by Gasteiger charge is -2.29. The number of benzene rings is 3. The fourth-order valence-corrected chi connectivity index (χ4v) is 4.53. The molecule has 1 N–H and O–H groups in total. The Bertz CT molecular complexity index is 1580. The summed E-state index contributed by atoms with van der Waals surface area (Å²) in [5, 5.41) is 13.8. The Labute approximate surface area is 223 Å². The molecule has 10 heteroatoms. The van der Waals surface area contributed by atoms with Crippen LogP contribution in [0, 0.1) is 10.1 Å². The number of hydrogen-bond acceptors (Lipinski definition) is 7. The predicted octanol–water partition coefficient (Wildman–Crippen LogP) is 5.32. The molecule has 1 aliphatic heterocycles. The Balaban J connectivity index is 1.30. The Kier molecular flexibility index (Phi) is 7.00. The fourth-order valence-electron chi connectivity index (χ4n) is 4.53. The van der Waals surface area contributed by atoms with E-state index in [0.717, 1.165) is 11.1 Å². The first-order valence-corrected chi connectivity index (χ1v) is 12.2. The molecule has 0 atom stereocenters. The summed E-state index contributed by atoms with van der Waals surface area (Å²) in [4.78, 5) is 38.1. The van der Waals surface area contributed by atoms with Crippen LogP contribution in [0.4, 0.5) is 11.4 Å². The van der Waals surface area contributed by atoms with E-state index in [4.69, 9.17) is 13.9 Å². The highest BCUT2D eigenvalue weighted by Crippen LogP contribution is 2.34. The van der Waals surface area contributed by atoms with E-state index >= 15 is 0 Å². The van der Waals surface area contributed by atoms with Crippen molar-refractivity contribution in [2.45, 2.75) is 13.0 Å². The van der Waals surface area contributed by atoms with E-state index in [1.165, 1.54) is 24.3 Å². The summed E-state index contributed by atoms with van der Waals surface area (Å²) >= 11 is 0. The van der Waals surface area contributed by atoms with Crippen LogP contribution in [0.15, 0.2) is 77.2 Å². The quantitative estimate of drug-likeness (QED) is 0.255. The van der Waals surface area contributed by atoms with Gasteiger partial charge in [-0.25, -0.2) is 0 Å². The first-order valence-electron chi connectivity index (χ1n) is 12.2. The molecule has 198 valence electrons. The molecular weight excluding hydrogens is 502 g/mol. The van der Waals surface area contributed by atoms with Gasteiger partial charge < -0.3 is 24.1 Å². The number of rotatable bonds is 7. The van der Waals surface area contributed by atoms with Crippen LogP contribution >= 0.6 is 0 Å². The molecule has 0 saturated carbocycles. The van der Waals surface area contributed by atoms with Crippen LogP contribution in [0.3, 0.4) is 0 Å². The van der Waals surface area contributed by atoms with Crippen molar-refractivity contribution in [3.63, 3.8) is 0 Å². The maximum atomic E-state index is 13.2. The smallest absolute Gasteiger partial charge is 0.289 e. The number of nitrogens with zero attached hydrogens (tertiary/aromatic N) is 2. The van der Waals surface area contributed by atoms with Crippen molar-refractivity contribution >= 4 is 23.2 Å². The van der Waals surface area contributed by atoms with Gasteiger partial charge in [0.05, 0.1) is 19.1 Å². The third kappa shape index (κ3) is 5.30. The molecule has 0 saturated heterocycles. The van der Waals surface area contributed by atoms with Crippen molar-refractivity contribution in [2.24, 2.45) is 0 Å². The van der Waals surface area contributed by atoms with Crippen molar-refractivity contribution < 1.29 is 28.4 Å². The second kappa shape index (κ2) is 10.7. The lowest BCUT2D eigenvalue weighted by molar-refractivity contribution is -0.384. The average molecular weight is 528 g/mol. The fraction of sp³-hybridized carbons (Fsp3) is 0.172. The standard InChI is InChI=1S/C29H25N3O7/c1-37-26-15-18-11-12-31(17-21(18)16-27(26)38-2)29(34)25-10-9-24(39-25)19-5-3-7-22(13-19)30-28(33)20-6-4-8-23(14-20)32(35)36/h3-10,13-16H,11-12,17H2,1-2H3,(H,30,33). The summed E-state index contributed by atoms with van der Waals surface area (Å²) in [7, 11) is 3.17. The van der Waals surface area contributed by atoms with Crippen LogP contribution in [-0.2, 0) is 13.0 Å². The number of furan rings is 1. The van der Waals surface area contributed by atoms with Gasteiger partial charge in [0.2, 0.25) is 0 Å². The van der Waals surface area contributed by atoms with Crippen LogP contribution < -0.4 is 14.8 Å². The zero-order valence-corrected chi connectivity index (χ0v) is 21.3. The molecule has 2 amide bonds. The minimum Gasteiger partial charge on any atom is -0.493 e. The maximum absolute atomic E-state index is 13.2. The molecule has 0 bridgehead atoms. The number of methoxy groups -OCH3 is 2. The van der Waals surface area contributed by atoms with E-state index in [0.29, 0.717) is 48.0 Å². The van der Waals surface area contributed by atoms with Gasteiger partial charge in [-0.05, 0) is 60.0 Å². The molecule has 0 aliphatic carbocycles. The first kappa shape index (κ1) is 25.5. The molecule has 0 fully saturated rings. The maximum Gasteiger partial charge on any atom is 0.289 e. The van der Waals surface area contributed by atoms with E-state index in [-0.39, 0.29) is 22.9 Å². The van der Waals surface area contributed by atoms with Gasteiger partial charge in [-0.15, -0.1) is 0 Å². The monoisotopic (exact) mass is 527 g/mol. The zero-order valence-electron chi connectivity index (χ0n) is 21.3. The number of hydrogen-bond donors (Lipinski definition) is 1. The van der Waals surface area contributed by atoms with Crippen LogP contribution in [0.25, 0.3) is 11.3 Å². The van der Waals surface area contributed by atoms with E-state index < -0.39 is 10.8 Å². The SMILES string of the molecule is COc1cc2c(cc1OC)CN(C(=O)c1ccc(-c3cccc(NC(=O)c4cccc([N+](=O)[O-])c4)c3)o1)CC2. The van der Waals surface area contributed by atoms with Gasteiger partial charge in [0.1, 0.15) is 5.76 Å². The average Bonchev–Trinajstić information content (AvgIpc) is 3.46. The number of nitro benzene ring substituents is 1. The highest BCUT2D eigenvalue weighted by molar-refractivity contribution is 6.04. The van der Waals surface area contributed by atoms with Crippen molar-refractivity contribution in [2.75, 3.05) is 26.1 Å². The Morgan fingerprint density at radius 2 is 1.69 bits per heavy atom. The van der Waals surface area contributed by atoms with Crippen LogP contribution in [0.2, 0.25) is 0 Å². The minimum atomic E-state index is -0.552. The van der Waals surface area contributed by atoms with Gasteiger partial charge in [0, 0.05) is 42.0 Å². The normalized spacial score (nSPS) is 12.4. The van der Waals surface area contributed by atoms with Gasteiger partial charge in [0.25, 0.3) is 17.5 Å². The number of nitrogens with one attached hydrogen (secondary N) is 1. The Morgan fingerprint density at radius 1 is 0.949 bits per heavy atom. The summed E-state index contributed by atoms with van der Waals surface area (Å²) in [5.41, 5.74) is 3.24. The molecule has 2 heterocycles. The molecule has 0 radical (unpaired) electrons. The molecule has 3 aromatic carbocycles. The number of non-ortho nitro benzene ring substituents is 1. The van der Waals surface area contributed by atoms with Crippen molar-refractivity contribution in [1.29, 1.82) is 0 Å². The molecule has 0 unspecified atom stereocenters. The summed E-state index contributed by atoms with van der Waals surface area (Å²) in [6.07, 6.45) is 0.682. The molecule has 1 aliphatic rings. The summed E-state index contributed by atoms with van der Waals surface area (Å²) in [5.74, 6) is 1.25. The molecule has 5 rings (SSSR count). The van der Waals surface area contributed by atoms with Crippen LogP contribution in [-0.4, -0.2) is 42.4 Å². The summed E-state index contributed by atoms with van der Waals surface area (Å²) in [6, 6.07) is 19.6. The summed E-state index contributed by atoms with van der Waals surface area (Å²) < 4.78 is 16.7. The van der Waals surface area contributed by atoms with Gasteiger partial charge in [0.15, 0.2) is 17.3 Å². The molecule has 0 spiro atoms. The Morgan fingerprint density at radius 3 is 2.44 bits per heavy atom. The number of ether oxygens (including phenoxy) is 2. The lowest BCUT2D eigenvalue weighted by Crippen LogP contribution is -2.35. The highest BCUT2D eigenvalue weighted by atomic mass is 16.6. The van der Waals surface area contributed by atoms with Crippen molar-refractivity contribution in [3.05, 3.63) is 105 Å². The van der Waals surface area contributed by atoms with Gasteiger partial charge in [-0.2, -0.15) is 0 Å². The molecule has 1 aromatic heterocycles. The zero-order chi connectivity index (χ0) is 27.5. The van der Waals surface area contributed by atoms with E-state index in [2.05, 4.69) is 5.32 Å². The number of nitro groups is 1. The van der Waals surface area contributed by atoms with Crippen molar-refractivity contribution in [3.8, 4) is 22.8 Å². The number of amides is 2.